The van der Waals surface area contributed by atoms with E-state index in [9.17, 15) is 9.59 Å². The lowest BCUT2D eigenvalue weighted by Crippen LogP contribution is -2.26. The molecular formula is C14H15NO5. The number of carbonyl (C=O) groups is 2. The van der Waals surface area contributed by atoms with E-state index in [1.165, 1.54) is 0 Å². The van der Waals surface area contributed by atoms with E-state index in [4.69, 9.17) is 14.2 Å². The average Bonchev–Trinajstić information content (AvgIpc) is 3.13. The normalized spacial score (nSPS) is 15.8. The molecule has 1 heterocycles. The van der Waals surface area contributed by atoms with Gasteiger partial charge in [0.25, 0.3) is 0 Å². The average molecular weight is 277 g/mol. The monoisotopic (exact) mass is 277 g/mol. The van der Waals surface area contributed by atoms with Crippen molar-refractivity contribution in [1.82, 2.24) is 5.32 Å². The van der Waals surface area contributed by atoms with Crippen LogP contribution in [-0.4, -0.2) is 31.6 Å². The van der Waals surface area contributed by atoms with Crippen LogP contribution < -0.4 is 19.5 Å². The molecule has 1 saturated carbocycles. The first-order valence-corrected chi connectivity index (χ1v) is 6.57. The van der Waals surface area contributed by atoms with Crippen LogP contribution in [0.3, 0.4) is 0 Å². The molecule has 0 radical (unpaired) electrons. The first-order valence-electron chi connectivity index (χ1n) is 6.57. The van der Waals surface area contributed by atoms with Crippen molar-refractivity contribution in [3.05, 3.63) is 17.7 Å². The molecule has 0 saturated heterocycles. The van der Waals surface area contributed by atoms with Gasteiger partial charge in [0.2, 0.25) is 12.7 Å². The Labute approximate surface area is 116 Å². The van der Waals surface area contributed by atoms with Crippen molar-refractivity contribution < 1.29 is 23.8 Å². The predicted molar refractivity (Wildman–Crippen MR) is 69.2 cm³/mol. The third-order valence-corrected chi connectivity index (χ3v) is 3.16. The topological polar surface area (TPSA) is 73.9 Å². The molecule has 6 heteroatoms. The minimum Gasteiger partial charge on any atom is -0.492 e. The fraction of sp³-hybridized carbons (Fsp3) is 0.429. The Balaban J connectivity index is 1.58. The Hall–Kier alpha value is -2.24. The van der Waals surface area contributed by atoms with Crippen LogP contribution in [0.1, 0.15) is 29.6 Å². The van der Waals surface area contributed by atoms with Gasteiger partial charge >= 0.3 is 0 Å². The summed E-state index contributed by atoms with van der Waals surface area (Å²) in [5.41, 5.74) is 0.386. The number of fused-ring (bicyclic) bond motifs is 1. The highest BCUT2D eigenvalue weighted by atomic mass is 16.7. The molecule has 1 N–H and O–H groups in total. The van der Waals surface area contributed by atoms with Crippen LogP contribution >= 0.6 is 0 Å². The number of aldehydes is 1. The Morgan fingerprint density at radius 2 is 2.10 bits per heavy atom. The lowest BCUT2D eigenvalue weighted by molar-refractivity contribution is -0.121. The quantitative estimate of drug-likeness (QED) is 0.793. The SMILES string of the molecule is O=Cc1cc2c(cc1OCCC(=O)NC1CC1)OCO2. The summed E-state index contributed by atoms with van der Waals surface area (Å²) < 4.78 is 15.9. The molecule has 106 valence electrons. The molecule has 0 aromatic heterocycles. The van der Waals surface area contributed by atoms with E-state index in [-0.39, 0.29) is 25.7 Å². The van der Waals surface area contributed by atoms with E-state index >= 15 is 0 Å². The van der Waals surface area contributed by atoms with E-state index in [0.717, 1.165) is 12.8 Å². The van der Waals surface area contributed by atoms with Gasteiger partial charge in [-0.15, -0.1) is 0 Å². The largest absolute Gasteiger partial charge is 0.492 e. The third kappa shape index (κ3) is 2.84. The Morgan fingerprint density at radius 1 is 1.35 bits per heavy atom. The molecule has 3 rings (SSSR count). The second kappa shape index (κ2) is 5.40. The smallest absolute Gasteiger partial charge is 0.231 e. The standard InChI is InChI=1S/C14H15NO5/c16-7-9-5-12-13(20-8-19-12)6-11(9)18-4-3-14(17)15-10-1-2-10/h5-7,10H,1-4,8H2,(H,15,17). The second-order valence-electron chi connectivity index (χ2n) is 4.80. The molecule has 1 aliphatic carbocycles. The van der Waals surface area contributed by atoms with Gasteiger partial charge < -0.3 is 19.5 Å². The Morgan fingerprint density at radius 3 is 2.80 bits per heavy atom. The molecule has 0 spiro atoms. The summed E-state index contributed by atoms with van der Waals surface area (Å²) in [5, 5.41) is 2.88. The van der Waals surface area contributed by atoms with Gasteiger partial charge in [-0.2, -0.15) is 0 Å². The number of hydrogen-bond acceptors (Lipinski definition) is 5. The first-order chi connectivity index (χ1) is 9.76. The summed E-state index contributed by atoms with van der Waals surface area (Å²) in [4.78, 5) is 22.5. The molecule has 0 atom stereocenters. The minimum absolute atomic E-state index is 0.0269. The molecule has 1 aliphatic heterocycles. The van der Waals surface area contributed by atoms with Crippen molar-refractivity contribution in [1.29, 1.82) is 0 Å². The fourth-order valence-corrected chi connectivity index (χ4v) is 1.94. The van der Waals surface area contributed by atoms with Crippen molar-refractivity contribution in [3.63, 3.8) is 0 Å². The van der Waals surface area contributed by atoms with Crippen LogP contribution in [0, 0.1) is 0 Å². The maximum atomic E-state index is 11.5. The molecular weight excluding hydrogens is 262 g/mol. The minimum atomic E-state index is -0.0269. The van der Waals surface area contributed by atoms with Crippen LogP contribution in [0.5, 0.6) is 17.2 Å². The third-order valence-electron chi connectivity index (χ3n) is 3.16. The fourth-order valence-electron chi connectivity index (χ4n) is 1.94. The number of rotatable bonds is 6. The first kappa shape index (κ1) is 12.8. The van der Waals surface area contributed by atoms with E-state index in [0.29, 0.717) is 35.1 Å². The number of amides is 1. The lowest BCUT2D eigenvalue weighted by atomic mass is 10.2. The van der Waals surface area contributed by atoms with Crippen LogP contribution in [0.2, 0.25) is 0 Å². The summed E-state index contributed by atoms with van der Waals surface area (Å²) in [6, 6.07) is 3.54. The van der Waals surface area contributed by atoms with Crippen LogP contribution in [0.15, 0.2) is 12.1 Å². The highest BCUT2D eigenvalue weighted by Crippen LogP contribution is 2.37. The maximum Gasteiger partial charge on any atom is 0.231 e. The zero-order valence-electron chi connectivity index (χ0n) is 10.9. The van der Waals surface area contributed by atoms with Crippen molar-refractivity contribution in [3.8, 4) is 17.2 Å². The van der Waals surface area contributed by atoms with Crippen LogP contribution in [-0.2, 0) is 4.79 Å². The van der Waals surface area contributed by atoms with Gasteiger partial charge in [-0.3, -0.25) is 9.59 Å². The summed E-state index contributed by atoms with van der Waals surface area (Å²) in [6.45, 7) is 0.361. The van der Waals surface area contributed by atoms with Gasteiger partial charge in [0, 0.05) is 12.1 Å². The molecule has 1 aromatic carbocycles. The number of nitrogens with one attached hydrogen (secondary N) is 1. The van der Waals surface area contributed by atoms with Crippen molar-refractivity contribution in [2.45, 2.75) is 25.3 Å². The Bertz CT molecular complexity index is 539. The Kier molecular flexibility index (Phi) is 3.45. The summed E-state index contributed by atoms with van der Waals surface area (Å²) >= 11 is 0. The molecule has 1 fully saturated rings. The molecule has 1 amide bonds. The van der Waals surface area contributed by atoms with E-state index in [1.54, 1.807) is 12.1 Å². The molecule has 2 aliphatic rings. The van der Waals surface area contributed by atoms with E-state index < -0.39 is 0 Å². The maximum absolute atomic E-state index is 11.5. The van der Waals surface area contributed by atoms with Crippen LogP contribution in [0.4, 0.5) is 0 Å². The van der Waals surface area contributed by atoms with Crippen molar-refractivity contribution in [2.24, 2.45) is 0 Å². The molecule has 0 unspecified atom stereocenters. The molecule has 20 heavy (non-hydrogen) atoms. The van der Waals surface area contributed by atoms with E-state index in [2.05, 4.69) is 5.32 Å². The summed E-state index contributed by atoms with van der Waals surface area (Å²) in [7, 11) is 0. The second-order valence-corrected chi connectivity index (χ2v) is 4.80. The lowest BCUT2D eigenvalue weighted by Gasteiger charge is -2.09. The van der Waals surface area contributed by atoms with Gasteiger partial charge in [0.1, 0.15) is 5.75 Å². The number of hydrogen-bond donors (Lipinski definition) is 1. The number of benzene rings is 1. The van der Waals surface area contributed by atoms with Gasteiger partial charge in [-0.25, -0.2) is 0 Å². The molecule has 6 nitrogen and oxygen atoms in total. The van der Waals surface area contributed by atoms with Crippen molar-refractivity contribution in [2.75, 3.05) is 13.4 Å². The highest BCUT2D eigenvalue weighted by molar-refractivity contribution is 5.81. The van der Waals surface area contributed by atoms with Crippen LogP contribution in [0.25, 0.3) is 0 Å². The summed E-state index contributed by atoms with van der Waals surface area (Å²) in [6.07, 6.45) is 3.08. The number of carbonyl (C=O) groups excluding carboxylic acids is 2. The van der Waals surface area contributed by atoms with Gasteiger partial charge in [-0.05, 0) is 18.9 Å². The number of ether oxygens (including phenoxy) is 3. The van der Waals surface area contributed by atoms with E-state index in [1.807, 2.05) is 0 Å². The zero-order chi connectivity index (χ0) is 13.9. The highest BCUT2D eigenvalue weighted by Gasteiger charge is 2.23. The molecule has 0 bridgehead atoms. The predicted octanol–water partition coefficient (Wildman–Crippen LogP) is 1.28. The van der Waals surface area contributed by atoms with Gasteiger partial charge in [0.15, 0.2) is 17.8 Å². The zero-order valence-corrected chi connectivity index (χ0v) is 10.9. The van der Waals surface area contributed by atoms with Gasteiger partial charge in [-0.1, -0.05) is 0 Å². The molecule has 1 aromatic rings. The van der Waals surface area contributed by atoms with Crippen molar-refractivity contribution >= 4 is 12.2 Å². The summed E-state index contributed by atoms with van der Waals surface area (Å²) in [5.74, 6) is 1.46. The van der Waals surface area contributed by atoms with Gasteiger partial charge in [0.05, 0.1) is 18.6 Å².